The highest BCUT2D eigenvalue weighted by molar-refractivity contribution is 7.14. The lowest BCUT2D eigenvalue weighted by Crippen LogP contribution is -2.14. The second-order valence-electron chi connectivity index (χ2n) is 3.81. The molecule has 2 aromatic rings. The number of nitrogens with zero attached hydrogens (tertiary/aromatic N) is 3. The Balaban J connectivity index is 1.99. The average Bonchev–Trinajstić information content (AvgIpc) is 2.86. The number of halogens is 1. The van der Waals surface area contributed by atoms with Gasteiger partial charge in [0.05, 0.1) is 31.1 Å². The van der Waals surface area contributed by atoms with E-state index in [1.165, 1.54) is 23.7 Å². The molecular weight excluding hydrogens is 316 g/mol. The molecule has 9 heteroatoms. The first-order valence-electron chi connectivity index (χ1n) is 5.97. The number of hydrogen-bond acceptors (Lipinski definition) is 7. The van der Waals surface area contributed by atoms with E-state index in [0.717, 1.165) is 0 Å². The van der Waals surface area contributed by atoms with E-state index in [4.69, 9.17) is 16.3 Å². The average molecular weight is 327 g/mol. The molecule has 0 spiro atoms. The quantitative estimate of drug-likeness (QED) is 0.844. The van der Waals surface area contributed by atoms with Crippen LogP contribution in [0.3, 0.4) is 0 Å². The maximum Gasteiger partial charge on any atom is 0.311 e. The molecule has 0 aliphatic rings. The highest BCUT2D eigenvalue weighted by Crippen LogP contribution is 2.17. The second kappa shape index (κ2) is 7.09. The van der Waals surface area contributed by atoms with E-state index in [1.807, 2.05) is 0 Å². The molecule has 7 nitrogen and oxygen atoms in total. The van der Waals surface area contributed by atoms with Gasteiger partial charge >= 0.3 is 5.97 Å². The van der Waals surface area contributed by atoms with Gasteiger partial charge in [-0.05, 0) is 6.92 Å². The third-order valence-corrected chi connectivity index (χ3v) is 3.23. The van der Waals surface area contributed by atoms with Crippen molar-refractivity contribution in [2.75, 3.05) is 11.9 Å². The minimum atomic E-state index is -0.470. The van der Waals surface area contributed by atoms with Gasteiger partial charge in [0, 0.05) is 5.38 Å². The number of hydrogen-bond donors (Lipinski definition) is 1. The topological polar surface area (TPSA) is 94.1 Å². The zero-order chi connectivity index (χ0) is 15.2. The van der Waals surface area contributed by atoms with Gasteiger partial charge in [-0.2, -0.15) is 0 Å². The minimum Gasteiger partial charge on any atom is -0.466 e. The Kier molecular flexibility index (Phi) is 5.18. The number of carbonyl (C=O) groups is 2. The molecule has 0 radical (unpaired) electrons. The zero-order valence-electron chi connectivity index (χ0n) is 11.0. The van der Waals surface area contributed by atoms with E-state index >= 15 is 0 Å². The van der Waals surface area contributed by atoms with Crippen LogP contribution in [0.1, 0.15) is 23.1 Å². The molecule has 110 valence electrons. The molecule has 0 saturated carbocycles. The normalized spacial score (nSPS) is 10.2. The fourth-order valence-electron chi connectivity index (χ4n) is 1.42. The lowest BCUT2D eigenvalue weighted by molar-refractivity contribution is -0.142. The third-order valence-electron chi connectivity index (χ3n) is 2.24. The number of aromatic nitrogens is 3. The van der Waals surface area contributed by atoms with Crippen LogP contribution in [0, 0.1) is 0 Å². The van der Waals surface area contributed by atoms with Crippen molar-refractivity contribution in [2.45, 2.75) is 13.3 Å². The first kappa shape index (κ1) is 15.3. The van der Waals surface area contributed by atoms with Crippen molar-refractivity contribution in [1.82, 2.24) is 15.0 Å². The van der Waals surface area contributed by atoms with E-state index in [1.54, 1.807) is 12.3 Å². The van der Waals surface area contributed by atoms with Crippen LogP contribution in [0.15, 0.2) is 17.8 Å². The monoisotopic (exact) mass is 326 g/mol. The molecule has 0 atom stereocenters. The van der Waals surface area contributed by atoms with Crippen molar-refractivity contribution in [1.29, 1.82) is 0 Å². The molecule has 0 aliphatic carbocycles. The van der Waals surface area contributed by atoms with E-state index < -0.39 is 5.91 Å². The number of anilines is 1. The number of esters is 1. The molecule has 0 aliphatic heterocycles. The Morgan fingerprint density at radius 3 is 2.90 bits per heavy atom. The summed E-state index contributed by atoms with van der Waals surface area (Å²) in [7, 11) is 0. The predicted octanol–water partition coefficient (Wildman–Crippen LogP) is 1.94. The summed E-state index contributed by atoms with van der Waals surface area (Å²) in [6, 6.07) is 0. The van der Waals surface area contributed by atoms with Crippen LogP contribution < -0.4 is 5.32 Å². The fraction of sp³-hybridized carbons (Fsp3) is 0.250. The summed E-state index contributed by atoms with van der Waals surface area (Å²) >= 11 is 6.87. The standard InChI is InChI=1S/C12H11ClN4O3S/c1-2-20-10(18)3-7-6-21-12(15-7)17-11(19)8-4-14-5-9(13)16-8/h4-6H,2-3H2,1H3,(H,15,17,19). The number of amides is 1. The third kappa shape index (κ3) is 4.47. The Hall–Kier alpha value is -2.06. The smallest absolute Gasteiger partial charge is 0.311 e. The maximum absolute atomic E-state index is 11.9. The first-order valence-corrected chi connectivity index (χ1v) is 7.23. The summed E-state index contributed by atoms with van der Waals surface area (Å²) in [5, 5.41) is 4.73. The van der Waals surface area contributed by atoms with Crippen molar-refractivity contribution in [3.63, 3.8) is 0 Å². The fourth-order valence-corrected chi connectivity index (χ4v) is 2.27. The molecule has 2 rings (SSSR count). The lowest BCUT2D eigenvalue weighted by Gasteiger charge is -2.00. The molecule has 0 bridgehead atoms. The minimum absolute atomic E-state index is 0.0666. The van der Waals surface area contributed by atoms with E-state index in [9.17, 15) is 9.59 Å². The number of rotatable bonds is 5. The highest BCUT2D eigenvalue weighted by atomic mass is 35.5. The van der Waals surface area contributed by atoms with E-state index in [2.05, 4.69) is 20.3 Å². The second-order valence-corrected chi connectivity index (χ2v) is 5.05. The van der Waals surface area contributed by atoms with Crippen LogP contribution in [0.4, 0.5) is 5.13 Å². The van der Waals surface area contributed by atoms with Gasteiger partial charge in [-0.3, -0.25) is 19.9 Å². The maximum atomic E-state index is 11.9. The van der Waals surface area contributed by atoms with Crippen LogP contribution in [-0.4, -0.2) is 33.4 Å². The summed E-state index contributed by atoms with van der Waals surface area (Å²) in [6.45, 7) is 2.05. The first-order chi connectivity index (χ1) is 10.1. The molecule has 1 amide bonds. The van der Waals surface area contributed by atoms with Gasteiger partial charge in [-0.15, -0.1) is 11.3 Å². The van der Waals surface area contributed by atoms with Gasteiger partial charge in [0.1, 0.15) is 10.8 Å². The highest BCUT2D eigenvalue weighted by Gasteiger charge is 2.13. The van der Waals surface area contributed by atoms with Gasteiger partial charge in [0.25, 0.3) is 5.91 Å². The SMILES string of the molecule is CCOC(=O)Cc1csc(NC(=O)c2cncc(Cl)n2)n1. The molecule has 2 heterocycles. The van der Waals surface area contributed by atoms with E-state index in [0.29, 0.717) is 17.4 Å². The predicted molar refractivity (Wildman–Crippen MR) is 77.4 cm³/mol. The van der Waals surface area contributed by atoms with Crippen LogP contribution in [-0.2, 0) is 16.0 Å². The molecule has 21 heavy (non-hydrogen) atoms. The van der Waals surface area contributed by atoms with Crippen molar-refractivity contribution >= 4 is 39.9 Å². The van der Waals surface area contributed by atoms with Crippen molar-refractivity contribution in [2.24, 2.45) is 0 Å². The number of nitrogens with one attached hydrogen (secondary N) is 1. The lowest BCUT2D eigenvalue weighted by atomic mass is 10.3. The number of ether oxygens (including phenoxy) is 1. The van der Waals surface area contributed by atoms with Gasteiger partial charge in [0.15, 0.2) is 5.13 Å². The number of thiazole rings is 1. The van der Waals surface area contributed by atoms with Gasteiger partial charge in [0.2, 0.25) is 0 Å². The Morgan fingerprint density at radius 2 is 2.19 bits per heavy atom. The van der Waals surface area contributed by atoms with E-state index in [-0.39, 0.29) is 23.2 Å². The molecule has 0 unspecified atom stereocenters. The van der Waals surface area contributed by atoms with Crippen LogP contribution in [0.2, 0.25) is 5.15 Å². The van der Waals surface area contributed by atoms with Gasteiger partial charge in [-0.25, -0.2) is 9.97 Å². The summed E-state index contributed by atoms with van der Waals surface area (Å²) < 4.78 is 4.82. The van der Waals surface area contributed by atoms with Crippen LogP contribution in [0.5, 0.6) is 0 Å². The zero-order valence-corrected chi connectivity index (χ0v) is 12.6. The Labute approximate surface area is 129 Å². The molecule has 1 N–H and O–H groups in total. The van der Waals surface area contributed by atoms with Crippen molar-refractivity contribution in [3.05, 3.63) is 34.3 Å². The van der Waals surface area contributed by atoms with Crippen LogP contribution >= 0.6 is 22.9 Å². The molecule has 0 fully saturated rings. The van der Waals surface area contributed by atoms with Gasteiger partial charge < -0.3 is 4.74 Å². The Bertz CT molecular complexity index is 661. The van der Waals surface area contributed by atoms with Gasteiger partial charge in [-0.1, -0.05) is 11.6 Å². The summed E-state index contributed by atoms with van der Waals surface area (Å²) in [5.41, 5.74) is 0.621. The van der Waals surface area contributed by atoms with Crippen LogP contribution in [0.25, 0.3) is 0 Å². The molecule has 2 aromatic heterocycles. The Morgan fingerprint density at radius 1 is 1.38 bits per heavy atom. The molecule has 0 aromatic carbocycles. The largest absolute Gasteiger partial charge is 0.466 e. The number of carbonyl (C=O) groups excluding carboxylic acids is 2. The molecular formula is C12H11ClN4O3S. The van der Waals surface area contributed by atoms with Crippen molar-refractivity contribution < 1.29 is 14.3 Å². The summed E-state index contributed by atoms with van der Waals surface area (Å²) in [5.74, 6) is -0.830. The molecule has 0 saturated heterocycles. The summed E-state index contributed by atoms with van der Waals surface area (Å²) in [4.78, 5) is 35.0. The van der Waals surface area contributed by atoms with Crippen molar-refractivity contribution in [3.8, 4) is 0 Å². The summed E-state index contributed by atoms with van der Waals surface area (Å²) in [6.07, 6.45) is 2.70.